The zero-order valence-corrected chi connectivity index (χ0v) is 19.1. The number of nitrogens with one attached hydrogen (secondary N) is 2. The molecule has 6 rings (SSSR count). The number of H-pyrrole nitrogens is 1. The van der Waals surface area contributed by atoms with E-state index < -0.39 is 0 Å². The number of fused-ring (bicyclic) bond motifs is 1. The van der Waals surface area contributed by atoms with Crippen LogP contribution in [0.2, 0.25) is 0 Å². The van der Waals surface area contributed by atoms with E-state index in [9.17, 15) is 4.79 Å². The van der Waals surface area contributed by atoms with E-state index in [2.05, 4.69) is 26.7 Å². The van der Waals surface area contributed by atoms with Crippen molar-refractivity contribution >= 4 is 28.5 Å². The van der Waals surface area contributed by atoms with E-state index in [4.69, 9.17) is 19.7 Å². The number of aromatic nitrogens is 5. The van der Waals surface area contributed by atoms with Gasteiger partial charge in [-0.2, -0.15) is 0 Å². The minimum absolute atomic E-state index is 0.142. The lowest BCUT2D eigenvalue weighted by Gasteiger charge is -2.28. The van der Waals surface area contributed by atoms with E-state index in [1.165, 1.54) is 18.9 Å². The number of benzene rings is 1. The standard InChI is InChI=1S/C25H27N7O2/c1-2-32-23(17-6-7-17)28-21-24(31-12-14-34-15-13-31)29-22(30-25(21)32)16-8-10-18(11-9-16)26-19-4-3-5-20(33)27-19/h3-5,8-11,17H,2,6-7,12-15H2,1H3,(H2,26,27,33). The van der Waals surface area contributed by atoms with Crippen molar-refractivity contribution in [3.05, 3.63) is 58.6 Å². The van der Waals surface area contributed by atoms with Crippen molar-refractivity contribution in [2.75, 3.05) is 36.5 Å². The summed E-state index contributed by atoms with van der Waals surface area (Å²) in [6.45, 7) is 5.94. The van der Waals surface area contributed by atoms with Crippen molar-refractivity contribution in [1.29, 1.82) is 0 Å². The van der Waals surface area contributed by atoms with Crippen LogP contribution in [0, 0.1) is 0 Å². The Labute approximate surface area is 196 Å². The second-order valence-corrected chi connectivity index (χ2v) is 8.76. The van der Waals surface area contributed by atoms with Gasteiger partial charge in [-0.1, -0.05) is 6.07 Å². The predicted octanol–water partition coefficient (Wildman–Crippen LogP) is 3.66. The number of hydrogen-bond donors (Lipinski definition) is 2. The Hall–Kier alpha value is -3.72. The molecule has 174 valence electrons. The molecule has 1 aromatic carbocycles. The number of aromatic amines is 1. The molecule has 0 unspecified atom stereocenters. The molecule has 1 aliphatic heterocycles. The Bertz CT molecular complexity index is 1380. The molecular formula is C25H27N7O2. The second-order valence-electron chi connectivity index (χ2n) is 8.76. The molecular weight excluding hydrogens is 430 g/mol. The van der Waals surface area contributed by atoms with Crippen LogP contribution in [-0.4, -0.2) is 50.8 Å². The average Bonchev–Trinajstić information content (AvgIpc) is 3.64. The van der Waals surface area contributed by atoms with Gasteiger partial charge in [-0.05, 0) is 50.1 Å². The van der Waals surface area contributed by atoms with Crippen LogP contribution in [0.4, 0.5) is 17.3 Å². The van der Waals surface area contributed by atoms with Crippen LogP contribution in [-0.2, 0) is 11.3 Å². The maximum absolute atomic E-state index is 11.6. The van der Waals surface area contributed by atoms with E-state index in [1.807, 2.05) is 30.3 Å². The molecule has 1 saturated heterocycles. The highest BCUT2D eigenvalue weighted by Crippen LogP contribution is 2.41. The Kier molecular flexibility index (Phi) is 5.26. The molecule has 2 fully saturated rings. The summed E-state index contributed by atoms with van der Waals surface area (Å²) in [7, 11) is 0. The Morgan fingerprint density at radius 1 is 1.06 bits per heavy atom. The van der Waals surface area contributed by atoms with Crippen molar-refractivity contribution in [1.82, 2.24) is 24.5 Å². The van der Waals surface area contributed by atoms with Crippen LogP contribution in [0.5, 0.6) is 0 Å². The second kappa shape index (κ2) is 8.57. The first-order valence-electron chi connectivity index (χ1n) is 11.9. The zero-order chi connectivity index (χ0) is 23.1. The van der Waals surface area contributed by atoms with E-state index in [0.717, 1.165) is 53.7 Å². The van der Waals surface area contributed by atoms with Gasteiger partial charge >= 0.3 is 0 Å². The molecule has 9 heteroatoms. The van der Waals surface area contributed by atoms with Gasteiger partial charge in [0.15, 0.2) is 22.8 Å². The number of rotatable bonds is 6. The molecule has 34 heavy (non-hydrogen) atoms. The maximum atomic E-state index is 11.6. The predicted molar refractivity (Wildman–Crippen MR) is 132 cm³/mol. The van der Waals surface area contributed by atoms with E-state index in [0.29, 0.717) is 30.8 Å². The third kappa shape index (κ3) is 3.92. The summed E-state index contributed by atoms with van der Waals surface area (Å²) >= 11 is 0. The van der Waals surface area contributed by atoms with Crippen LogP contribution >= 0.6 is 0 Å². The summed E-state index contributed by atoms with van der Waals surface area (Å²) in [6.07, 6.45) is 2.38. The molecule has 9 nitrogen and oxygen atoms in total. The molecule has 2 N–H and O–H groups in total. The SMILES string of the molecule is CCn1c(C2CC2)nc2c(N3CCOCC3)nc(-c3ccc(Nc4cccc(=O)[nH]4)cc3)nc21. The molecule has 1 aliphatic carbocycles. The zero-order valence-electron chi connectivity index (χ0n) is 19.1. The first-order valence-corrected chi connectivity index (χ1v) is 11.9. The lowest BCUT2D eigenvalue weighted by molar-refractivity contribution is 0.122. The summed E-state index contributed by atoms with van der Waals surface area (Å²) in [5.41, 5.74) is 3.45. The van der Waals surface area contributed by atoms with E-state index >= 15 is 0 Å². The molecule has 0 spiro atoms. The molecule has 1 saturated carbocycles. The van der Waals surface area contributed by atoms with Crippen molar-refractivity contribution in [3.8, 4) is 11.4 Å². The minimum atomic E-state index is -0.142. The Morgan fingerprint density at radius 2 is 1.85 bits per heavy atom. The lowest BCUT2D eigenvalue weighted by Crippen LogP contribution is -2.37. The van der Waals surface area contributed by atoms with Gasteiger partial charge in [0.1, 0.15) is 11.6 Å². The van der Waals surface area contributed by atoms with Gasteiger partial charge in [-0.3, -0.25) is 4.79 Å². The molecule has 4 aromatic rings. The number of imidazole rings is 1. The summed E-state index contributed by atoms with van der Waals surface area (Å²) in [6, 6.07) is 13.0. The molecule has 2 aliphatic rings. The van der Waals surface area contributed by atoms with Crippen molar-refractivity contribution in [2.45, 2.75) is 32.2 Å². The fourth-order valence-electron chi connectivity index (χ4n) is 4.47. The topological polar surface area (TPSA) is 101 Å². The van der Waals surface area contributed by atoms with E-state index in [-0.39, 0.29) is 5.56 Å². The highest BCUT2D eigenvalue weighted by molar-refractivity contribution is 5.86. The van der Waals surface area contributed by atoms with Gasteiger partial charge in [-0.15, -0.1) is 0 Å². The fraction of sp³-hybridized carbons (Fsp3) is 0.360. The van der Waals surface area contributed by atoms with Gasteiger partial charge in [0.25, 0.3) is 0 Å². The summed E-state index contributed by atoms with van der Waals surface area (Å²) < 4.78 is 7.83. The van der Waals surface area contributed by atoms with Gasteiger partial charge in [0.05, 0.1) is 13.2 Å². The van der Waals surface area contributed by atoms with Crippen LogP contribution in [0.1, 0.15) is 31.5 Å². The van der Waals surface area contributed by atoms with Crippen molar-refractivity contribution < 1.29 is 4.74 Å². The first kappa shape index (κ1) is 20.9. The van der Waals surface area contributed by atoms with Crippen molar-refractivity contribution in [2.24, 2.45) is 0 Å². The number of anilines is 3. The first-order chi connectivity index (χ1) is 16.7. The molecule has 0 bridgehead atoms. The van der Waals surface area contributed by atoms with Gasteiger partial charge in [0.2, 0.25) is 5.56 Å². The smallest absolute Gasteiger partial charge is 0.249 e. The van der Waals surface area contributed by atoms with Crippen molar-refractivity contribution in [3.63, 3.8) is 0 Å². The Balaban J connectivity index is 1.40. The Morgan fingerprint density at radius 3 is 2.56 bits per heavy atom. The number of aryl methyl sites for hydroxylation is 1. The van der Waals surface area contributed by atoms with E-state index in [1.54, 1.807) is 6.07 Å². The quantitative estimate of drug-likeness (QED) is 0.456. The highest BCUT2D eigenvalue weighted by atomic mass is 16.5. The largest absolute Gasteiger partial charge is 0.378 e. The van der Waals surface area contributed by atoms with Gasteiger partial charge in [0, 0.05) is 42.9 Å². The maximum Gasteiger partial charge on any atom is 0.249 e. The average molecular weight is 458 g/mol. The number of ether oxygens (including phenoxy) is 1. The van der Waals surface area contributed by atoms with Gasteiger partial charge in [-0.25, -0.2) is 15.0 Å². The third-order valence-corrected chi connectivity index (χ3v) is 6.37. The summed E-state index contributed by atoms with van der Waals surface area (Å²) in [4.78, 5) is 31.6. The number of hydrogen-bond acceptors (Lipinski definition) is 7. The van der Waals surface area contributed by atoms with Gasteiger partial charge < -0.3 is 24.5 Å². The molecule has 4 heterocycles. The third-order valence-electron chi connectivity index (χ3n) is 6.37. The minimum Gasteiger partial charge on any atom is -0.378 e. The van der Waals surface area contributed by atoms with Crippen LogP contribution in [0.25, 0.3) is 22.6 Å². The highest BCUT2D eigenvalue weighted by Gasteiger charge is 2.31. The number of pyridine rings is 1. The summed E-state index contributed by atoms with van der Waals surface area (Å²) in [5.74, 6) is 3.89. The number of morpholine rings is 1. The molecule has 0 amide bonds. The normalized spacial score (nSPS) is 16.2. The molecule has 0 radical (unpaired) electrons. The fourth-order valence-corrected chi connectivity index (χ4v) is 4.47. The van der Waals surface area contributed by atoms with Crippen LogP contribution in [0.15, 0.2) is 47.3 Å². The van der Waals surface area contributed by atoms with Crippen LogP contribution in [0.3, 0.4) is 0 Å². The van der Waals surface area contributed by atoms with Crippen LogP contribution < -0.4 is 15.8 Å². The summed E-state index contributed by atoms with van der Waals surface area (Å²) in [5, 5.41) is 3.22. The molecule has 3 aromatic heterocycles. The number of nitrogens with zero attached hydrogens (tertiary/aromatic N) is 5. The lowest BCUT2D eigenvalue weighted by atomic mass is 10.2. The monoisotopic (exact) mass is 457 g/mol. The molecule has 0 atom stereocenters.